The SMILES string of the molecule is CSCCC(NC(=O)CCC(=O)NCc1ccco1)C(=O)O. The van der Waals surface area contributed by atoms with Gasteiger partial charge in [0.2, 0.25) is 11.8 Å². The molecule has 3 N–H and O–H groups in total. The topological polar surface area (TPSA) is 109 Å². The first-order valence-corrected chi connectivity index (χ1v) is 8.22. The molecule has 0 bridgehead atoms. The Labute approximate surface area is 132 Å². The summed E-state index contributed by atoms with van der Waals surface area (Å²) in [6.07, 6.45) is 3.68. The summed E-state index contributed by atoms with van der Waals surface area (Å²) in [5, 5.41) is 14.0. The molecule has 1 atom stereocenters. The molecule has 22 heavy (non-hydrogen) atoms. The number of amides is 2. The number of furan rings is 1. The van der Waals surface area contributed by atoms with Gasteiger partial charge in [-0.3, -0.25) is 9.59 Å². The number of hydrogen-bond donors (Lipinski definition) is 3. The second-order valence-electron chi connectivity index (χ2n) is 4.60. The number of thioether (sulfide) groups is 1. The van der Waals surface area contributed by atoms with E-state index in [0.717, 1.165) is 0 Å². The van der Waals surface area contributed by atoms with Crippen LogP contribution in [0.5, 0.6) is 0 Å². The lowest BCUT2D eigenvalue weighted by Crippen LogP contribution is -2.41. The molecule has 1 aromatic rings. The number of carboxylic acids is 1. The quantitative estimate of drug-likeness (QED) is 0.591. The molecule has 122 valence electrons. The summed E-state index contributed by atoms with van der Waals surface area (Å²) >= 11 is 1.51. The number of rotatable bonds is 10. The minimum Gasteiger partial charge on any atom is -0.480 e. The highest BCUT2D eigenvalue weighted by molar-refractivity contribution is 7.98. The van der Waals surface area contributed by atoms with Gasteiger partial charge in [0.1, 0.15) is 11.8 Å². The van der Waals surface area contributed by atoms with Crippen LogP contribution >= 0.6 is 11.8 Å². The summed E-state index contributed by atoms with van der Waals surface area (Å²) in [6.45, 7) is 0.263. The fourth-order valence-corrected chi connectivity index (χ4v) is 2.15. The van der Waals surface area contributed by atoms with Crippen molar-refractivity contribution in [2.75, 3.05) is 12.0 Å². The molecule has 0 fully saturated rings. The molecule has 0 aliphatic heterocycles. The van der Waals surface area contributed by atoms with Crippen molar-refractivity contribution in [1.29, 1.82) is 0 Å². The van der Waals surface area contributed by atoms with Gasteiger partial charge in [-0.1, -0.05) is 0 Å². The van der Waals surface area contributed by atoms with Crippen molar-refractivity contribution in [1.82, 2.24) is 10.6 Å². The molecule has 7 nitrogen and oxygen atoms in total. The monoisotopic (exact) mass is 328 g/mol. The molecule has 0 spiro atoms. The fraction of sp³-hybridized carbons (Fsp3) is 0.500. The van der Waals surface area contributed by atoms with Gasteiger partial charge in [0, 0.05) is 12.8 Å². The number of carbonyl (C=O) groups is 3. The van der Waals surface area contributed by atoms with Crippen molar-refractivity contribution in [3.05, 3.63) is 24.2 Å². The van der Waals surface area contributed by atoms with E-state index in [1.165, 1.54) is 18.0 Å². The van der Waals surface area contributed by atoms with Crippen LogP contribution in [0.4, 0.5) is 0 Å². The normalized spacial score (nSPS) is 11.7. The highest BCUT2D eigenvalue weighted by Gasteiger charge is 2.19. The summed E-state index contributed by atoms with van der Waals surface area (Å²) in [7, 11) is 0. The Kier molecular flexibility index (Phi) is 8.13. The molecule has 0 aliphatic rings. The van der Waals surface area contributed by atoms with E-state index in [1.54, 1.807) is 12.1 Å². The molecule has 1 unspecified atom stereocenters. The first kappa shape index (κ1) is 18.1. The van der Waals surface area contributed by atoms with Crippen molar-refractivity contribution < 1.29 is 23.9 Å². The highest BCUT2D eigenvalue weighted by Crippen LogP contribution is 2.02. The smallest absolute Gasteiger partial charge is 0.326 e. The maximum Gasteiger partial charge on any atom is 0.326 e. The molecule has 0 saturated heterocycles. The van der Waals surface area contributed by atoms with E-state index >= 15 is 0 Å². The molecule has 2 amide bonds. The summed E-state index contributed by atoms with van der Waals surface area (Å²) in [6, 6.07) is 2.54. The van der Waals surface area contributed by atoms with Gasteiger partial charge in [0.05, 0.1) is 12.8 Å². The molecular weight excluding hydrogens is 308 g/mol. The fourth-order valence-electron chi connectivity index (χ4n) is 1.67. The van der Waals surface area contributed by atoms with E-state index in [0.29, 0.717) is 17.9 Å². The summed E-state index contributed by atoms with van der Waals surface area (Å²) in [5.41, 5.74) is 0. The Morgan fingerprint density at radius 3 is 2.64 bits per heavy atom. The molecule has 0 aromatic carbocycles. The van der Waals surface area contributed by atoms with Gasteiger partial charge in [-0.2, -0.15) is 11.8 Å². The summed E-state index contributed by atoms with van der Waals surface area (Å²) < 4.78 is 5.06. The molecule has 8 heteroatoms. The second-order valence-corrected chi connectivity index (χ2v) is 5.58. The molecule has 0 aliphatic carbocycles. The maximum atomic E-state index is 11.7. The number of carbonyl (C=O) groups excluding carboxylic acids is 2. The van der Waals surface area contributed by atoms with E-state index in [-0.39, 0.29) is 25.3 Å². The third-order valence-corrected chi connectivity index (χ3v) is 3.51. The first-order chi connectivity index (χ1) is 10.5. The van der Waals surface area contributed by atoms with Crippen LogP contribution < -0.4 is 10.6 Å². The van der Waals surface area contributed by atoms with Crippen molar-refractivity contribution in [3.63, 3.8) is 0 Å². The van der Waals surface area contributed by atoms with Gasteiger partial charge in [-0.25, -0.2) is 4.79 Å². The Bertz CT molecular complexity index is 489. The van der Waals surface area contributed by atoms with Gasteiger partial charge in [0.15, 0.2) is 0 Å². The van der Waals surface area contributed by atoms with Crippen LogP contribution in [-0.2, 0) is 20.9 Å². The average molecular weight is 328 g/mol. The van der Waals surface area contributed by atoms with Crippen LogP contribution in [0.2, 0.25) is 0 Å². The minimum absolute atomic E-state index is 0.00140. The molecule has 1 rings (SSSR count). The third kappa shape index (κ3) is 7.16. The summed E-state index contributed by atoms with van der Waals surface area (Å²) in [4.78, 5) is 34.3. The Balaban J connectivity index is 2.25. The van der Waals surface area contributed by atoms with Gasteiger partial charge in [-0.05, 0) is 30.6 Å². The Morgan fingerprint density at radius 2 is 2.05 bits per heavy atom. The number of carboxylic acid groups (broad SMARTS) is 1. The summed E-state index contributed by atoms with van der Waals surface area (Å²) in [5.74, 6) is -0.532. The largest absolute Gasteiger partial charge is 0.480 e. The Morgan fingerprint density at radius 1 is 1.32 bits per heavy atom. The van der Waals surface area contributed by atoms with Gasteiger partial charge in [0.25, 0.3) is 0 Å². The lowest BCUT2D eigenvalue weighted by Gasteiger charge is -2.13. The van der Waals surface area contributed by atoms with Crippen LogP contribution in [-0.4, -0.2) is 40.9 Å². The third-order valence-electron chi connectivity index (χ3n) is 2.86. The van der Waals surface area contributed by atoms with Gasteiger partial charge >= 0.3 is 5.97 Å². The zero-order valence-corrected chi connectivity index (χ0v) is 13.1. The molecule has 0 saturated carbocycles. The van der Waals surface area contributed by atoms with E-state index in [1.807, 2.05) is 6.26 Å². The van der Waals surface area contributed by atoms with E-state index in [4.69, 9.17) is 9.52 Å². The van der Waals surface area contributed by atoms with Crippen LogP contribution in [0.3, 0.4) is 0 Å². The van der Waals surface area contributed by atoms with Gasteiger partial charge in [-0.15, -0.1) is 0 Å². The number of nitrogens with one attached hydrogen (secondary N) is 2. The number of hydrogen-bond acceptors (Lipinski definition) is 5. The van der Waals surface area contributed by atoms with Gasteiger partial charge < -0.3 is 20.2 Å². The Hall–Kier alpha value is -1.96. The molecule has 0 radical (unpaired) electrons. The zero-order valence-electron chi connectivity index (χ0n) is 12.3. The lowest BCUT2D eigenvalue weighted by atomic mass is 10.2. The van der Waals surface area contributed by atoms with E-state index in [2.05, 4.69) is 10.6 Å². The predicted molar refractivity (Wildman–Crippen MR) is 82.4 cm³/mol. The van der Waals surface area contributed by atoms with Crippen LogP contribution in [0.25, 0.3) is 0 Å². The highest BCUT2D eigenvalue weighted by atomic mass is 32.2. The maximum absolute atomic E-state index is 11.7. The number of aliphatic carboxylic acids is 1. The first-order valence-electron chi connectivity index (χ1n) is 6.83. The van der Waals surface area contributed by atoms with Crippen molar-refractivity contribution in [2.45, 2.75) is 31.8 Å². The second kappa shape index (κ2) is 9.88. The minimum atomic E-state index is -1.07. The van der Waals surface area contributed by atoms with Crippen LogP contribution in [0, 0.1) is 0 Å². The van der Waals surface area contributed by atoms with Crippen molar-refractivity contribution in [2.24, 2.45) is 0 Å². The predicted octanol–water partition coefficient (Wildman–Crippen LogP) is 0.998. The van der Waals surface area contributed by atoms with Crippen LogP contribution in [0.15, 0.2) is 22.8 Å². The van der Waals surface area contributed by atoms with Crippen molar-refractivity contribution in [3.8, 4) is 0 Å². The molecule has 1 aromatic heterocycles. The lowest BCUT2D eigenvalue weighted by molar-refractivity contribution is -0.141. The van der Waals surface area contributed by atoms with E-state index in [9.17, 15) is 14.4 Å². The van der Waals surface area contributed by atoms with Crippen molar-refractivity contribution >= 4 is 29.5 Å². The molecular formula is C14H20N2O5S. The standard InChI is InChI=1S/C14H20N2O5S/c1-22-8-6-11(14(19)20)16-13(18)5-4-12(17)15-9-10-3-2-7-21-10/h2-3,7,11H,4-6,8-9H2,1H3,(H,15,17)(H,16,18)(H,19,20). The average Bonchev–Trinajstić information content (AvgIpc) is 3.00. The molecule has 1 heterocycles. The van der Waals surface area contributed by atoms with Crippen LogP contribution in [0.1, 0.15) is 25.0 Å². The zero-order chi connectivity index (χ0) is 16.4. The van der Waals surface area contributed by atoms with E-state index < -0.39 is 17.9 Å².